The minimum atomic E-state index is -0.411. The average Bonchev–Trinajstić information content (AvgIpc) is 2.97. The summed E-state index contributed by atoms with van der Waals surface area (Å²) in [4.78, 5) is 24.0. The van der Waals surface area contributed by atoms with E-state index in [0.29, 0.717) is 17.8 Å². The van der Waals surface area contributed by atoms with E-state index in [1.165, 1.54) is 7.11 Å². The molecule has 0 spiro atoms. The summed E-state index contributed by atoms with van der Waals surface area (Å²) in [6.45, 7) is 2.44. The lowest BCUT2D eigenvalue weighted by atomic mass is 9.95. The highest BCUT2D eigenvalue weighted by Crippen LogP contribution is 2.32. The highest BCUT2D eigenvalue weighted by Gasteiger charge is 2.32. The number of rotatable bonds is 4. The molecule has 1 aromatic carbocycles. The Morgan fingerprint density at radius 3 is 2.73 bits per heavy atom. The van der Waals surface area contributed by atoms with Gasteiger partial charge in [-0.2, -0.15) is 0 Å². The molecule has 0 saturated heterocycles. The first-order chi connectivity index (χ1) is 10.1. The predicted octanol–water partition coefficient (Wildman–Crippen LogP) is 2.52. The average molecular weight is 327 g/mol. The monoisotopic (exact) mass is 326 g/mol. The van der Waals surface area contributed by atoms with Crippen LogP contribution in [0.3, 0.4) is 0 Å². The lowest BCUT2D eigenvalue weighted by molar-refractivity contribution is -0.120. The number of methoxy groups -OCH3 is 1. The van der Waals surface area contributed by atoms with Gasteiger partial charge >= 0.3 is 5.97 Å². The van der Waals surface area contributed by atoms with Gasteiger partial charge < -0.3 is 15.8 Å². The van der Waals surface area contributed by atoms with E-state index in [-0.39, 0.29) is 30.2 Å². The van der Waals surface area contributed by atoms with E-state index in [4.69, 9.17) is 10.5 Å². The molecular weight excluding hydrogens is 304 g/mol. The molecule has 22 heavy (non-hydrogen) atoms. The number of carbonyl (C=O) groups is 2. The molecule has 1 aromatic rings. The standard InChI is InChI=1S/C16H22N2O3.ClH/c1-10-6-7-11(16(20)21-2)8-14(10)18-15(19)13-5-3-4-12(13)9-17;/h6-8,12-13H,3-5,9,17H2,1-2H3,(H,18,19);1H/t12-,13-;/m1./s1. The molecule has 0 unspecified atom stereocenters. The number of benzene rings is 1. The van der Waals surface area contributed by atoms with Crippen LogP contribution < -0.4 is 11.1 Å². The molecule has 3 N–H and O–H groups in total. The van der Waals surface area contributed by atoms with Crippen LogP contribution in [0, 0.1) is 18.8 Å². The lowest BCUT2D eigenvalue weighted by Gasteiger charge is -2.18. The minimum absolute atomic E-state index is 0. The number of aryl methyl sites for hydroxylation is 1. The van der Waals surface area contributed by atoms with Gasteiger partial charge in [0, 0.05) is 11.6 Å². The van der Waals surface area contributed by atoms with Gasteiger partial charge in [-0.15, -0.1) is 12.4 Å². The SMILES string of the molecule is COC(=O)c1ccc(C)c(NC(=O)[C@@H]2CCC[C@@H]2CN)c1.Cl. The number of anilines is 1. The van der Waals surface area contributed by atoms with E-state index >= 15 is 0 Å². The first-order valence-corrected chi connectivity index (χ1v) is 7.26. The van der Waals surface area contributed by atoms with Crippen molar-refractivity contribution in [3.05, 3.63) is 29.3 Å². The Bertz CT molecular complexity index is 548. The van der Waals surface area contributed by atoms with Crippen molar-refractivity contribution >= 4 is 30.0 Å². The first-order valence-electron chi connectivity index (χ1n) is 7.26. The van der Waals surface area contributed by atoms with E-state index in [1.807, 2.05) is 6.92 Å². The Kier molecular flexibility index (Phi) is 6.84. The second kappa shape index (κ2) is 8.15. The number of nitrogens with two attached hydrogens (primary N) is 1. The summed E-state index contributed by atoms with van der Waals surface area (Å²) >= 11 is 0. The van der Waals surface area contributed by atoms with Crippen LogP contribution in [0.25, 0.3) is 0 Å². The van der Waals surface area contributed by atoms with Crippen molar-refractivity contribution in [1.82, 2.24) is 0 Å². The van der Waals surface area contributed by atoms with Crippen LogP contribution in [0.2, 0.25) is 0 Å². The summed E-state index contributed by atoms with van der Waals surface area (Å²) in [6.07, 6.45) is 2.93. The molecule has 2 atom stereocenters. The molecule has 1 aliphatic rings. The maximum absolute atomic E-state index is 12.4. The van der Waals surface area contributed by atoms with E-state index in [0.717, 1.165) is 24.8 Å². The highest BCUT2D eigenvalue weighted by atomic mass is 35.5. The molecule has 1 amide bonds. The smallest absolute Gasteiger partial charge is 0.337 e. The third kappa shape index (κ3) is 3.99. The zero-order chi connectivity index (χ0) is 15.4. The highest BCUT2D eigenvalue weighted by molar-refractivity contribution is 5.96. The van der Waals surface area contributed by atoms with Crippen molar-refractivity contribution in [3.63, 3.8) is 0 Å². The first kappa shape index (κ1) is 18.5. The van der Waals surface area contributed by atoms with Gasteiger partial charge in [-0.1, -0.05) is 12.5 Å². The van der Waals surface area contributed by atoms with Gasteiger partial charge in [-0.05, 0) is 49.9 Å². The number of hydrogen-bond donors (Lipinski definition) is 2. The number of esters is 1. The Labute approximate surface area is 137 Å². The van der Waals surface area contributed by atoms with Crippen LogP contribution in [0.5, 0.6) is 0 Å². The summed E-state index contributed by atoms with van der Waals surface area (Å²) in [6, 6.07) is 5.15. The molecule has 1 fully saturated rings. The van der Waals surface area contributed by atoms with Crippen molar-refractivity contribution in [1.29, 1.82) is 0 Å². The number of hydrogen-bond acceptors (Lipinski definition) is 4. The summed E-state index contributed by atoms with van der Waals surface area (Å²) in [5.74, 6) is -0.190. The Hall–Kier alpha value is -1.59. The normalized spacial score (nSPS) is 20.1. The molecule has 1 saturated carbocycles. The summed E-state index contributed by atoms with van der Waals surface area (Å²) in [7, 11) is 1.34. The van der Waals surface area contributed by atoms with Gasteiger partial charge in [-0.25, -0.2) is 4.79 Å². The molecule has 0 aromatic heterocycles. The van der Waals surface area contributed by atoms with Crippen molar-refractivity contribution < 1.29 is 14.3 Å². The zero-order valence-electron chi connectivity index (χ0n) is 12.9. The molecular formula is C16H23ClN2O3. The summed E-state index contributed by atoms with van der Waals surface area (Å²) < 4.78 is 4.70. The van der Waals surface area contributed by atoms with Gasteiger partial charge in [-0.3, -0.25) is 4.79 Å². The van der Waals surface area contributed by atoms with E-state index in [9.17, 15) is 9.59 Å². The maximum atomic E-state index is 12.4. The van der Waals surface area contributed by atoms with Gasteiger partial charge in [0.15, 0.2) is 0 Å². The minimum Gasteiger partial charge on any atom is -0.465 e. The molecule has 0 radical (unpaired) electrons. The Morgan fingerprint density at radius 1 is 1.36 bits per heavy atom. The molecule has 0 aliphatic heterocycles. The van der Waals surface area contributed by atoms with Crippen LogP contribution >= 0.6 is 12.4 Å². The Balaban J connectivity index is 0.00000242. The number of halogens is 1. The zero-order valence-corrected chi connectivity index (χ0v) is 13.7. The van der Waals surface area contributed by atoms with Crippen molar-refractivity contribution in [2.75, 3.05) is 19.0 Å². The fourth-order valence-corrected chi connectivity index (χ4v) is 2.89. The largest absolute Gasteiger partial charge is 0.465 e. The van der Waals surface area contributed by atoms with Crippen molar-refractivity contribution in [3.8, 4) is 0 Å². The number of nitrogens with one attached hydrogen (secondary N) is 1. The third-order valence-electron chi connectivity index (χ3n) is 4.22. The maximum Gasteiger partial charge on any atom is 0.337 e. The van der Waals surface area contributed by atoms with Crippen LogP contribution in [0.15, 0.2) is 18.2 Å². The van der Waals surface area contributed by atoms with Crippen LogP contribution in [0.1, 0.15) is 35.2 Å². The van der Waals surface area contributed by atoms with Crippen molar-refractivity contribution in [2.45, 2.75) is 26.2 Å². The van der Waals surface area contributed by atoms with Gasteiger partial charge in [0.2, 0.25) is 5.91 Å². The summed E-state index contributed by atoms with van der Waals surface area (Å²) in [5.41, 5.74) is 7.73. The van der Waals surface area contributed by atoms with E-state index in [2.05, 4.69) is 5.32 Å². The quantitative estimate of drug-likeness (QED) is 0.833. The Morgan fingerprint density at radius 2 is 2.09 bits per heavy atom. The molecule has 122 valence electrons. The fraction of sp³-hybridized carbons (Fsp3) is 0.500. The lowest BCUT2D eigenvalue weighted by Crippen LogP contribution is -2.30. The molecule has 0 bridgehead atoms. The van der Waals surface area contributed by atoms with Gasteiger partial charge in [0.1, 0.15) is 0 Å². The van der Waals surface area contributed by atoms with E-state index < -0.39 is 5.97 Å². The topological polar surface area (TPSA) is 81.4 Å². The third-order valence-corrected chi connectivity index (χ3v) is 4.22. The fourth-order valence-electron chi connectivity index (χ4n) is 2.89. The molecule has 0 heterocycles. The number of amides is 1. The number of carbonyl (C=O) groups excluding carboxylic acids is 2. The predicted molar refractivity (Wildman–Crippen MR) is 88.3 cm³/mol. The number of ether oxygens (including phenoxy) is 1. The molecule has 2 rings (SSSR count). The van der Waals surface area contributed by atoms with Gasteiger partial charge in [0.25, 0.3) is 0 Å². The summed E-state index contributed by atoms with van der Waals surface area (Å²) in [5, 5.41) is 2.93. The second-order valence-electron chi connectivity index (χ2n) is 5.54. The molecule has 5 nitrogen and oxygen atoms in total. The van der Waals surface area contributed by atoms with Crippen molar-refractivity contribution in [2.24, 2.45) is 17.6 Å². The second-order valence-corrected chi connectivity index (χ2v) is 5.54. The van der Waals surface area contributed by atoms with Gasteiger partial charge in [0.05, 0.1) is 12.7 Å². The van der Waals surface area contributed by atoms with E-state index in [1.54, 1.807) is 18.2 Å². The van der Waals surface area contributed by atoms with Crippen LogP contribution in [-0.2, 0) is 9.53 Å². The molecule has 1 aliphatic carbocycles. The van der Waals surface area contributed by atoms with Crippen LogP contribution in [-0.4, -0.2) is 25.5 Å². The molecule has 6 heteroatoms. The van der Waals surface area contributed by atoms with Crippen LogP contribution in [0.4, 0.5) is 5.69 Å².